The number of urea groups is 1. The minimum atomic E-state index is -0.379. The third kappa shape index (κ3) is 4.69. The molecule has 0 spiro atoms. The number of aliphatic hydroxyl groups excluding tert-OH is 1. The van der Waals surface area contributed by atoms with Crippen molar-refractivity contribution in [3.05, 3.63) is 30.1 Å². The van der Waals surface area contributed by atoms with Gasteiger partial charge in [-0.15, -0.1) is 0 Å². The predicted molar refractivity (Wildman–Crippen MR) is 91.3 cm³/mol. The number of fused-ring (bicyclic) bond motifs is 1. The summed E-state index contributed by atoms with van der Waals surface area (Å²) in [5.74, 6) is 1.14. The zero-order valence-electron chi connectivity index (χ0n) is 14.0. The molecule has 1 atom stereocenters. The van der Waals surface area contributed by atoms with Crippen LogP contribution in [0.25, 0.3) is 11.0 Å². The van der Waals surface area contributed by atoms with Crippen LogP contribution >= 0.6 is 0 Å². The molecule has 2 aromatic rings. The van der Waals surface area contributed by atoms with Gasteiger partial charge >= 0.3 is 6.03 Å². The maximum atomic E-state index is 11.7. The van der Waals surface area contributed by atoms with E-state index in [0.717, 1.165) is 16.9 Å². The van der Waals surface area contributed by atoms with Crippen LogP contribution in [0.1, 0.15) is 26.1 Å². The van der Waals surface area contributed by atoms with Crippen LogP contribution in [0.4, 0.5) is 4.79 Å². The topological polar surface area (TPSA) is 79.2 Å². The molecule has 0 aliphatic rings. The standard InChI is InChI=1S/C17H26N4O2/c1-12(2)16(22)8-9-18-17(23)19-10-11-21-13(3)20-14-6-4-5-7-15(14)21/h4-7,12,16,22H,8-11H2,1-3H3,(H2,18,19,23). The van der Waals surface area contributed by atoms with E-state index in [1.165, 1.54) is 0 Å². The number of benzene rings is 1. The van der Waals surface area contributed by atoms with Crippen molar-refractivity contribution in [3.63, 3.8) is 0 Å². The van der Waals surface area contributed by atoms with Crippen LogP contribution in [0.15, 0.2) is 24.3 Å². The van der Waals surface area contributed by atoms with Gasteiger partial charge in [0.1, 0.15) is 5.82 Å². The third-order valence-corrected chi connectivity index (χ3v) is 3.96. The number of aliphatic hydroxyl groups is 1. The van der Waals surface area contributed by atoms with Crippen LogP contribution in [-0.4, -0.2) is 39.9 Å². The lowest BCUT2D eigenvalue weighted by atomic mass is 10.0. The highest BCUT2D eigenvalue weighted by Crippen LogP contribution is 2.14. The van der Waals surface area contributed by atoms with Crippen LogP contribution in [0.3, 0.4) is 0 Å². The summed E-state index contributed by atoms with van der Waals surface area (Å²) < 4.78 is 2.10. The first kappa shape index (κ1) is 17.3. The monoisotopic (exact) mass is 318 g/mol. The van der Waals surface area contributed by atoms with Crippen molar-refractivity contribution in [3.8, 4) is 0 Å². The van der Waals surface area contributed by atoms with Crippen molar-refractivity contribution in [1.29, 1.82) is 0 Å². The summed E-state index contributed by atoms with van der Waals surface area (Å²) in [6.45, 7) is 7.56. The van der Waals surface area contributed by atoms with E-state index in [1.54, 1.807) is 0 Å². The van der Waals surface area contributed by atoms with Gasteiger partial charge in [-0.1, -0.05) is 26.0 Å². The quantitative estimate of drug-likeness (QED) is 0.731. The second-order valence-electron chi connectivity index (χ2n) is 6.08. The average Bonchev–Trinajstić information content (AvgIpc) is 2.83. The van der Waals surface area contributed by atoms with E-state index in [2.05, 4.69) is 20.2 Å². The van der Waals surface area contributed by atoms with Crippen molar-refractivity contribution in [1.82, 2.24) is 20.2 Å². The molecule has 3 N–H and O–H groups in total. The second kappa shape index (κ2) is 7.97. The Morgan fingerprint density at radius 1 is 1.26 bits per heavy atom. The van der Waals surface area contributed by atoms with Gasteiger partial charge in [-0.05, 0) is 31.4 Å². The Bertz CT molecular complexity index is 651. The molecule has 6 heteroatoms. The third-order valence-electron chi connectivity index (χ3n) is 3.96. The molecule has 0 fully saturated rings. The smallest absolute Gasteiger partial charge is 0.314 e. The molecule has 1 heterocycles. The van der Waals surface area contributed by atoms with Crippen LogP contribution in [0.2, 0.25) is 0 Å². The average molecular weight is 318 g/mol. The van der Waals surface area contributed by atoms with Crippen LogP contribution in [0.5, 0.6) is 0 Å². The molecule has 0 bridgehead atoms. The Morgan fingerprint density at radius 3 is 2.70 bits per heavy atom. The molecule has 126 valence electrons. The fourth-order valence-corrected chi connectivity index (χ4v) is 2.49. The number of amides is 2. The van der Waals surface area contributed by atoms with Crippen LogP contribution < -0.4 is 10.6 Å². The number of carbonyl (C=O) groups excluding carboxylic acids is 1. The van der Waals surface area contributed by atoms with Crippen molar-refractivity contribution in [2.75, 3.05) is 13.1 Å². The maximum Gasteiger partial charge on any atom is 0.314 e. The number of rotatable bonds is 7. The van der Waals surface area contributed by atoms with E-state index in [0.29, 0.717) is 26.1 Å². The maximum absolute atomic E-state index is 11.7. The van der Waals surface area contributed by atoms with Crippen LogP contribution in [0, 0.1) is 12.8 Å². The highest BCUT2D eigenvalue weighted by molar-refractivity contribution is 5.76. The van der Waals surface area contributed by atoms with Crippen molar-refractivity contribution < 1.29 is 9.90 Å². The van der Waals surface area contributed by atoms with Gasteiger partial charge in [-0.2, -0.15) is 0 Å². The predicted octanol–water partition coefficient (Wildman–Crippen LogP) is 2.05. The first-order chi connectivity index (χ1) is 11.0. The fourth-order valence-electron chi connectivity index (χ4n) is 2.49. The summed E-state index contributed by atoms with van der Waals surface area (Å²) in [7, 11) is 0. The minimum absolute atomic E-state index is 0.206. The molecule has 23 heavy (non-hydrogen) atoms. The number of imidazole rings is 1. The van der Waals surface area contributed by atoms with Gasteiger partial charge in [0.2, 0.25) is 0 Å². The normalized spacial score (nSPS) is 12.6. The SMILES string of the molecule is Cc1nc2ccccc2n1CCNC(=O)NCCC(O)C(C)C. The van der Waals surface area contributed by atoms with Gasteiger partial charge in [-0.3, -0.25) is 0 Å². The molecule has 0 aliphatic heterocycles. The van der Waals surface area contributed by atoms with Gasteiger partial charge in [0.25, 0.3) is 0 Å². The molecule has 2 amide bonds. The number of aryl methyl sites for hydroxylation is 1. The highest BCUT2D eigenvalue weighted by atomic mass is 16.3. The number of carbonyl (C=O) groups is 1. The number of hydrogen-bond acceptors (Lipinski definition) is 3. The number of para-hydroxylation sites is 2. The molecule has 0 radical (unpaired) electrons. The first-order valence-corrected chi connectivity index (χ1v) is 8.10. The number of hydrogen-bond donors (Lipinski definition) is 3. The lowest BCUT2D eigenvalue weighted by Crippen LogP contribution is -2.38. The van der Waals surface area contributed by atoms with E-state index in [4.69, 9.17) is 0 Å². The summed E-state index contributed by atoms with van der Waals surface area (Å²) in [6.07, 6.45) is 0.186. The van der Waals surface area contributed by atoms with Gasteiger partial charge < -0.3 is 20.3 Å². The number of nitrogens with zero attached hydrogens (tertiary/aromatic N) is 2. The van der Waals surface area contributed by atoms with Crippen molar-refractivity contribution in [2.45, 2.75) is 39.8 Å². The van der Waals surface area contributed by atoms with E-state index in [9.17, 15) is 9.90 Å². The van der Waals surface area contributed by atoms with E-state index in [1.807, 2.05) is 45.0 Å². The Balaban J connectivity index is 1.76. The summed E-state index contributed by atoms with van der Waals surface area (Å²) in [5, 5.41) is 15.3. The Kier molecular flexibility index (Phi) is 5.98. The number of aromatic nitrogens is 2. The fraction of sp³-hybridized carbons (Fsp3) is 0.529. The van der Waals surface area contributed by atoms with E-state index < -0.39 is 0 Å². The first-order valence-electron chi connectivity index (χ1n) is 8.10. The zero-order chi connectivity index (χ0) is 16.8. The van der Waals surface area contributed by atoms with Gasteiger partial charge in [-0.25, -0.2) is 9.78 Å². The Morgan fingerprint density at radius 2 is 1.96 bits per heavy atom. The van der Waals surface area contributed by atoms with Gasteiger partial charge in [0, 0.05) is 19.6 Å². The van der Waals surface area contributed by atoms with Crippen molar-refractivity contribution >= 4 is 17.1 Å². The number of nitrogens with one attached hydrogen (secondary N) is 2. The Labute approximate surface area is 136 Å². The molecule has 0 saturated heterocycles. The molecule has 1 aromatic heterocycles. The lowest BCUT2D eigenvalue weighted by Gasteiger charge is -2.15. The zero-order valence-corrected chi connectivity index (χ0v) is 14.0. The molecule has 6 nitrogen and oxygen atoms in total. The highest BCUT2D eigenvalue weighted by Gasteiger charge is 2.10. The molecular weight excluding hydrogens is 292 g/mol. The molecular formula is C17H26N4O2. The molecule has 2 rings (SSSR count). The van der Waals surface area contributed by atoms with E-state index in [-0.39, 0.29) is 18.1 Å². The molecule has 1 unspecified atom stereocenters. The second-order valence-corrected chi connectivity index (χ2v) is 6.08. The summed E-state index contributed by atoms with van der Waals surface area (Å²) in [4.78, 5) is 16.2. The van der Waals surface area contributed by atoms with Gasteiger partial charge in [0.15, 0.2) is 0 Å². The molecule has 1 aromatic carbocycles. The van der Waals surface area contributed by atoms with Crippen LogP contribution in [-0.2, 0) is 6.54 Å². The minimum Gasteiger partial charge on any atom is -0.393 e. The van der Waals surface area contributed by atoms with Crippen molar-refractivity contribution in [2.24, 2.45) is 5.92 Å². The lowest BCUT2D eigenvalue weighted by molar-refractivity contribution is 0.116. The van der Waals surface area contributed by atoms with E-state index >= 15 is 0 Å². The summed E-state index contributed by atoms with van der Waals surface area (Å²) in [5.41, 5.74) is 2.05. The largest absolute Gasteiger partial charge is 0.393 e. The van der Waals surface area contributed by atoms with Gasteiger partial charge in [0.05, 0.1) is 17.1 Å². The molecule has 0 saturated carbocycles. The molecule has 0 aliphatic carbocycles. The summed E-state index contributed by atoms with van der Waals surface area (Å²) >= 11 is 0. The summed E-state index contributed by atoms with van der Waals surface area (Å²) in [6, 6.07) is 7.76. The Hall–Kier alpha value is -2.08.